The van der Waals surface area contributed by atoms with Crippen molar-refractivity contribution in [2.24, 2.45) is 0 Å². The van der Waals surface area contributed by atoms with Crippen molar-refractivity contribution in [3.8, 4) is 0 Å². The van der Waals surface area contributed by atoms with Gasteiger partial charge in [0.25, 0.3) is 0 Å². The summed E-state index contributed by atoms with van der Waals surface area (Å²) in [6, 6.07) is 11.0. The highest BCUT2D eigenvalue weighted by Crippen LogP contribution is 2.21. The van der Waals surface area contributed by atoms with Crippen LogP contribution in [0.15, 0.2) is 52.5 Å². The molecule has 2 heterocycles. The van der Waals surface area contributed by atoms with Crippen molar-refractivity contribution < 1.29 is 17.9 Å². The number of anilines is 1. The number of amides is 1. The molecule has 1 aliphatic heterocycles. The third-order valence-corrected chi connectivity index (χ3v) is 7.27. The maximum atomic E-state index is 12.6. The molecule has 0 radical (unpaired) electrons. The van der Waals surface area contributed by atoms with Gasteiger partial charge in [0.1, 0.15) is 4.90 Å². The summed E-state index contributed by atoms with van der Waals surface area (Å²) in [4.78, 5) is 16.5. The lowest BCUT2D eigenvalue weighted by Crippen LogP contribution is -2.40. The van der Waals surface area contributed by atoms with Gasteiger partial charge in [0.15, 0.2) is 0 Å². The van der Waals surface area contributed by atoms with Crippen LogP contribution in [0.1, 0.15) is 18.9 Å². The fraction of sp³-hybridized carbons (Fsp3) is 0.400. The number of thioether (sulfide) groups is 1. The number of carbonyl (C=O) groups excluding carboxylic acids is 1. The average Bonchev–Trinajstić information content (AvgIpc) is 2.75. The fourth-order valence-electron chi connectivity index (χ4n) is 2.92. The van der Waals surface area contributed by atoms with E-state index in [4.69, 9.17) is 4.74 Å². The number of hydrogen-bond donors (Lipinski definition) is 1. The number of nitrogens with one attached hydrogen (secondary N) is 1. The third kappa shape index (κ3) is 6.02. The highest BCUT2D eigenvalue weighted by atomic mass is 32.2. The van der Waals surface area contributed by atoms with E-state index in [1.54, 1.807) is 6.07 Å². The SMILES string of the molecule is CCCc1ccc(NC(=O)CSc2ccc(S(=O)(=O)N3CCOCC3)cn2)cc1. The summed E-state index contributed by atoms with van der Waals surface area (Å²) in [5, 5.41) is 3.45. The Bertz CT molecular complexity index is 910. The van der Waals surface area contributed by atoms with E-state index in [9.17, 15) is 13.2 Å². The maximum Gasteiger partial charge on any atom is 0.244 e. The number of benzene rings is 1. The van der Waals surface area contributed by atoms with Crippen molar-refractivity contribution in [2.75, 3.05) is 37.4 Å². The number of pyridine rings is 1. The Kier molecular flexibility index (Phi) is 7.65. The van der Waals surface area contributed by atoms with Crippen LogP contribution in [-0.4, -0.2) is 55.7 Å². The number of rotatable bonds is 8. The van der Waals surface area contributed by atoms with E-state index >= 15 is 0 Å². The first-order valence-corrected chi connectivity index (χ1v) is 12.0. The molecule has 0 spiro atoms. The number of aryl methyl sites for hydroxylation is 1. The molecule has 9 heteroatoms. The maximum absolute atomic E-state index is 12.6. The monoisotopic (exact) mass is 435 g/mol. The predicted molar refractivity (Wildman–Crippen MR) is 114 cm³/mol. The summed E-state index contributed by atoms with van der Waals surface area (Å²) in [5.74, 6) is 0.0595. The minimum absolute atomic E-state index is 0.134. The first-order valence-electron chi connectivity index (χ1n) is 9.54. The molecule has 3 rings (SSSR count). The molecular weight excluding hydrogens is 410 g/mol. The van der Waals surface area contributed by atoms with Crippen LogP contribution in [0.5, 0.6) is 0 Å². The van der Waals surface area contributed by atoms with E-state index in [-0.39, 0.29) is 16.6 Å². The van der Waals surface area contributed by atoms with Crippen molar-refractivity contribution in [3.05, 3.63) is 48.2 Å². The molecular formula is C20H25N3O4S2. The Morgan fingerprint density at radius 1 is 1.17 bits per heavy atom. The van der Waals surface area contributed by atoms with E-state index in [0.29, 0.717) is 31.3 Å². The van der Waals surface area contributed by atoms with Gasteiger partial charge in [0.05, 0.1) is 24.0 Å². The van der Waals surface area contributed by atoms with E-state index in [2.05, 4.69) is 17.2 Å². The standard InChI is InChI=1S/C20H25N3O4S2/c1-2-3-16-4-6-17(7-5-16)22-19(24)15-28-20-9-8-18(14-21-20)29(25,26)23-10-12-27-13-11-23/h4-9,14H,2-3,10-13,15H2,1H3,(H,22,24). The van der Waals surface area contributed by atoms with Gasteiger partial charge < -0.3 is 10.1 Å². The number of sulfonamides is 1. The average molecular weight is 436 g/mol. The molecule has 156 valence electrons. The molecule has 0 atom stereocenters. The largest absolute Gasteiger partial charge is 0.379 e. The van der Waals surface area contributed by atoms with Crippen LogP contribution >= 0.6 is 11.8 Å². The van der Waals surface area contributed by atoms with Crippen molar-refractivity contribution in [2.45, 2.75) is 29.7 Å². The van der Waals surface area contributed by atoms with Crippen LogP contribution in [0.3, 0.4) is 0 Å². The fourth-order valence-corrected chi connectivity index (χ4v) is 4.92. The Balaban J connectivity index is 1.52. The molecule has 1 N–H and O–H groups in total. The lowest BCUT2D eigenvalue weighted by molar-refractivity contribution is -0.113. The van der Waals surface area contributed by atoms with Crippen LogP contribution in [-0.2, 0) is 26.0 Å². The van der Waals surface area contributed by atoms with Gasteiger partial charge in [0, 0.05) is 25.0 Å². The predicted octanol–water partition coefficient (Wildman–Crippen LogP) is 2.79. The molecule has 0 saturated carbocycles. The molecule has 0 bridgehead atoms. The number of morpholine rings is 1. The van der Waals surface area contributed by atoms with Gasteiger partial charge in [-0.15, -0.1) is 0 Å². The summed E-state index contributed by atoms with van der Waals surface area (Å²) >= 11 is 1.26. The van der Waals surface area contributed by atoms with Gasteiger partial charge in [-0.2, -0.15) is 4.31 Å². The van der Waals surface area contributed by atoms with Gasteiger partial charge in [-0.1, -0.05) is 37.2 Å². The van der Waals surface area contributed by atoms with Crippen molar-refractivity contribution >= 4 is 33.4 Å². The third-order valence-electron chi connectivity index (χ3n) is 4.44. The Morgan fingerprint density at radius 3 is 2.52 bits per heavy atom. The molecule has 2 aromatic rings. The molecule has 29 heavy (non-hydrogen) atoms. The van der Waals surface area contributed by atoms with E-state index in [1.165, 1.54) is 33.9 Å². The molecule has 7 nitrogen and oxygen atoms in total. The van der Waals surface area contributed by atoms with Crippen molar-refractivity contribution in [1.29, 1.82) is 0 Å². The molecule has 1 amide bonds. The number of aromatic nitrogens is 1. The number of ether oxygens (including phenoxy) is 1. The van der Waals surface area contributed by atoms with Crippen LogP contribution < -0.4 is 5.32 Å². The minimum atomic E-state index is -3.56. The summed E-state index contributed by atoms with van der Waals surface area (Å²) < 4.78 is 31.8. The zero-order valence-corrected chi connectivity index (χ0v) is 18.0. The van der Waals surface area contributed by atoms with Gasteiger partial charge in [0.2, 0.25) is 15.9 Å². The molecule has 1 aliphatic rings. The van der Waals surface area contributed by atoms with E-state index in [0.717, 1.165) is 18.5 Å². The minimum Gasteiger partial charge on any atom is -0.379 e. The van der Waals surface area contributed by atoms with Crippen LogP contribution in [0.2, 0.25) is 0 Å². The molecule has 1 aromatic heterocycles. The highest BCUT2D eigenvalue weighted by Gasteiger charge is 2.26. The number of carbonyl (C=O) groups is 1. The molecule has 0 aliphatic carbocycles. The second-order valence-electron chi connectivity index (χ2n) is 6.63. The van der Waals surface area contributed by atoms with Crippen molar-refractivity contribution in [1.82, 2.24) is 9.29 Å². The summed E-state index contributed by atoms with van der Waals surface area (Å²) in [7, 11) is -3.56. The smallest absolute Gasteiger partial charge is 0.244 e. The Morgan fingerprint density at radius 2 is 1.90 bits per heavy atom. The topological polar surface area (TPSA) is 88.6 Å². The Labute approximate surface area is 175 Å². The second kappa shape index (κ2) is 10.2. The number of hydrogen-bond acceptors (Lipinski definition) is 6. The highest BCUT2D eigenvalue weighted by molar-refractivity contribution is 7.99. The molecule has 1 fully saturated rings. The quantitative estimate of drug-likeness (QED) is 0.642. The zero-order valence-electron chi connectivity index (χ0n) is 16.3. The summed E-state index contributed by atoms with van der Waals surface area (Å²) in [6.45, 7) is 3.62. The second-order valence-corrected chi connectivity index (χ2v) is 9.57. The van der Waals surface area contributed by atoms with Crippen LogP contribution in [0.25, 0.3) is 0 Å². The van der Waals surface area contributed by atoms with E-state index in [1.807, 2.05) is 24.3 Å². The number of nitrogens with zero attached hydrogens (tertiary/aromatic N) is 2. The lowest BCUT2D eigenvalue weighted by Gasteiger charge is -2.25. The first-order chi connectivity index (χ1) is 14.0. The van der Waals surface area contributed by atoms with Crippen LogP contribution in [0, 0.1) is 0 Å². The van der Waals surface area contributed by atoms with Gasteiger partial charge in [-0.05, 0) is 36.2 Å². The van der Waals surface area contributed by atoms with Gasteiger partial charge in [-0.3, -0.25) is 4.79 Å². The van der Waals surface area contributed by atoms with Gasteiger partial charge >= 0.3 is 0 Å². The summed E-state index contributed by atoms with van der Waals surface area (Å²) in [6.07, 6.45) is 3.45. The Hall–Kier alpha value is -1.94. The van der Waals surface area contributed by atoms with E-state index < -0.39 is 10.0 Å². The van der Waals surface area contributed by atoms with Crippen molar-refractivity contribution in [3.63, 3.8) is 0 Å². The molecule has 0 unspecified atom stereocenters. The lowest BCUT2D eigenvalue weighted by atomic mass is 10.1. The zero-order chi connectivity index (χ0) is 20.7. The first kappa shape index (κ1) is 21.8. The molecule has 1 aromatic carbocycles. The summed E-state index contributed by atoms with van der Waals surface area (Å²) in [5.41, 5.74) is 2.01. The normalized spacial score (nSPS) is 15.2. The molecule has 1 saturated heterocycles. The van der Waals surface area contributed by atoms with Crippen LogP contribution in [0.4, 0.5) is 5.69 Å². The van der Waals surface area contributed by atoms with Gasteiger partial charge in [-0.25, -0.2) is 13.4 Å².